The van der Waals surface area contributed by atoms with Crippen LogP contribution in [0.2, 0.25) is 10.0 Å². The maximum absolute atomic E-state index is 12.7. The zero-order valence-electron chi connectivity index (χ0n) is 14.7. The van der Waals surface area contributed by atoms with Crippen molar-refractivity contribution in [2.45, 2.75) is 0 Å². The van der Waals surface area contributed by atoms with Crippen molar-refractivity contribution in [3.05, 3.63) is 76.3 Å². The summed E-state index contributed by atoms with van der Waals surface area (Å²) in [6.07, 6.45) is 0. The van der Waals surface area contributed by atoms with Crippen LogP contribution >= 0.6 is 23.2 Å². The number of carbonyl (C=O) groups excluding carboxylic acids is 1. The Bertz CT molecular complexity index is 1150. The highest BCUT2D eigenvalue weighted by Crippen LogP contribution is 2.32. The van der Waals surface area contributed by atoms with Crippen molar-refractivity contribution in [3.63, 3.8) is 0 Å². The van der Waals surface area contributed by atoms with Crippen molar-refractivity contribution in [1.82, 2.24) is 4.98 Å². The highest BCUT2D eigenvalue weighted by molar-refractivity contribution is 6.33. The molecule has 0 radical (unpaired) electrons. The molecule has 5 nitrogen and oxygen atoms in total. The number of carbonyl (C=O) groups is 1. The fourth-order valence-electron chi connectivity index (χ4n) is 2.81. The number of ether oxygens (including phenoxy) is 1. The molecule has 140 valence electrons. The van der Waals surface area contributed by atoms with Gasteiger partial charge in [-0.15, -0.1) is 0 Å². The molecule has 0 aliphatic heterocycles. The molecule has 7 heteroatoms. The molecule has 0 spiro atoms. The van der Waals surface area contributed by atoms with E-state index in [1.54, 1.807) is 36.4 Å². The molecule has 0 bridgehead atoms. The molecule has 28 heavy (non-hydrogen) atoms. The van der Waals surface area contributed by atoms with Crippen molar-refractivity contribution in [1.29, 1.82) is 0 Å². The van der Waals surface area contributed by atoms with Crippen molar-refractivity contribution < 1.29 is 13.9 Å². The summed E-state index contributed by atoms with van der Waals surface area (Å²) in [6, 6.07) is 17.4. The lowest BCUT2D eigenvalue weighted by Crippen LogP contribution is -2.13. The van der Waals surface area contributed by atoms with Gasteiger partial charge >= 0.3 is 0 Å². The number of nitrogens with zero attached hydrogens (tertiary/aromatic N) is 1. The van der Waals surface area contributed by atoms with Crippen LogP contribution in [0.3, 0.4) is 0 Å². The summed E-state index contributed by atoms with van der Waals surface area (Å²) >= 11 is 12.3. The van der Waals surface area contributed by atoms with Gasteiger partial charge in [-0.3, -0.25) is 4.79 Å². The second-order valence-corrected chi connectivity index (χ2v) is 6.82. The monoisotopic (exact) mass is 412 g/mol. The number of rotatable bonds is 4. The number of para-hydroxylation sites is 2. The van der Waals surface area contributed by atoms with E-state index in [0.29, 0.717) is 44.1 Å². The molecule has 4 aromatic rings. The van der Waals surface area contributed by atoms with Crippen molar-refractivity contribution >= 4 is 45.9 Å². The second kappa shape index (κ2) is 7.54. The maximum atomic E-state index is 12.7. The minimum Gasteiger partial charge on any atom is -0.496 e. The first-order valence-corrected chi connectivity index (χ1v) is 9.11. The third kappa shape index (κ3) is 3.54. The molecule has 0 saturated heterocycles. The van der Waals surface area contributed by atoms with Gasteiger partial charge in [-0.05, 0) is 48.5 Å². The van der Waals surface area contributed by atoms with Crippen LogP contribution in [0, 0.1) is 0 Å². The predicted molar refractivity (Wildman–Crippen MR) is 110 cm³/mol. The van der Waals surface area contributed by atoms with Crippen LogP contribution in [0.15, 0.2) is 65.1 Å². The Labute approximate surface area is 170 Å². The average Bonchev–Trinajstić information content (AvgIpc) is 3.13. The molecule has 1 aromatic heterocycles. The van der Waals surface area contributed by atoms with Gasteiger partial charge in [-0.25, -0.2) is 4.98 Å². The summed E-state index contributed by atoms with van der Waals surface area (Å²) in [4.78, 5) is 17.2. The first kappa shape index (κ1) is 18.3. The molecule has 0 fully saturated rings. The zero-order chi connectivity index (χ0) is 19.7. The van der Waals surface area contributed by atoms with Gasteiger partial charge in [-0.2, -0.15) is 0 Å². The number of aromatic nitrogens is 1. The maximum Gasteiger partial charge on any atom is 0.259 e. The fraction of sp³-hybridized carbons (Fsp3) is 0.0476. The van der Waals surface area contributed by atoms with Gasteiger partial charge in [0.05, 0.1) is 23.3 Å². The number of fused-ring (bicyclic) bond motifs is 1. The molecule has 0 saturated carbocycles. The molecule has 3 aromatic carbocycles. The summed E-state index contributed by atoms with van der Waals surface area (Å²) < 4.78 is 11.0. The summed E-state index contributed by atoms with van der Waals surface area (Å²) in [5.41, 5.74) is 2.83. The SMILES string of the molecule is COc1ccc(Cl)cc1C(=O)Nc1ccc(Cl)c(-c2nc3ccccc3o2)c1. The Morgan fingerprint density at radius 2 is 1.89 bits per heavy atom. The number of oxazole rings is 1. The summed E-state index contributed by atoms with van der Waals surface area (Å²) in [7, 11) is 1.49. The number of hydrogen-bond acceptors (Lipinski definition) is 4. The molecule has 0 aliphatic carbocycles. The highest BCUT2D eigenvalue weighted by atomic mass is 35.5. The minimum absolute atomic E-state index is 0.327. The highest BCUT2D eigenvalue weighted by Gasteiger charge is 2.16. The second-order valence-electron chi connectivity index (χ2n) is 5.98. The van der Waals surface area contributed by atoms with E-state index in [4.69, 9.17) is 32.4 Å². The molecule has 0 unspecified atom stereocenters. The van der Waals surface area contributed by atoms with Crippen molar-refractivity contribution in [2.75, 3.05) is 12.4 Å². The van der Waals surface area contributed by atoms with Crippen LogP contribution in [0.4, 0.5) is 5.69 Å². The third-order valence-electron chi connectivity index (χ3n) is 4.15. The van der Waals surface area contributed by atoms with Crippen molar-refractivity contribution in [2.24, 2.45) is 0 Å². The van der Waals surface area contributed by atoms with Crippen LogP contribution < -0.4 is 10.1 Å². The first-order chi connectivity index (χ1) is 13.5. The predicted octanol–water partition coefficient (Wildman–Crippen LogP) is 6.06. The largest absolute Gasteiger partial charge is 0.496 e. The summed E-state index contributed by atoms with van der Waals surface area (Å²) in [5, 5.41) is 3.73. The molecule has 1 amide bonds. The van der Waals surface area contributed by atoms with Crippen LogP contribution in [0.5, 0.6) is 5.75 Å². The van der Waals surface area contributed by atoms with Gasteiger partial charge in [0.25, 0.3) is 5.91 Å². The number of hydrogen-bond donors (Lipinski definition) is 1. The van der Waals surface area contributed by atoms with Gasteiger partial charge in [0.1, 0.15) is 11.3 Å². The Morgan fingerprint density at radius 3 is 2.68 bits per heavy atom. The molecular weight excluding hydrogens is 399 g/mol. The van der Waals surface area contributed by atoms with E-state index >= 15 is 0 Å². The fourth-order valence-corrected chi connectivity index (χ4v) is 3.18. The molecular formula is C21H14Cl2N2O3. The minimum atomic E-state index is -0.356. The number of anilines is 1. The Kier molecular flexibility index (Phi) is 4.94. The van der Waals surface area contributed by atoms with Gasteiger partial charge in [0.15, 0.2) is 5.58 Å². The number of nitrogens with one attached hydrogen (secondary N) is 1. The van der Waals surface area contributed by atoms with E-state index in [2.05, 4.69) is 10.3 Å². The van der Waals surface area contributed by atoms with Gasteiger partial charge in [0, 0.05) is 10.7 Å². The zero-order valence-corrected chi connectivity index (χ0v) is 16.2. The van der Waals surface area contributed by atoms with E-state index < -0.39 is 0 Å². The van der Waals surface area contributed by atoms with Crippen LogP contribution in [-0.2, 0) is 0 Å². The number of amides is 1. The average molecular weight is 413 g/mol. The lowest BCUT2D eigenvalue weighted by molar-refractivity contribution is 0.102. The van der Waals surface area contributed by atoms with E-state index in [9.17, 15) is 4.79 Å². The Morgan fingerprint density at radius 1 is 1.07 bits per heavy atom. The van der Waals surface area contributed by atoms with Crippen LogP contribution in [-0.4, -0.2) is 18.0 Å². The molecule has 4 rings (SSSR count). The smallest absolute Gasteiger partial charge is 0.259 e. The Balaban J connectivity index is 1.67. The normalized spacial score (nSPS) is 10.8. The van der Waals surface area contributed by atoms with Gasteiger partial charge in [0.2, 0.25) is 5.89 Å². The van der Waals surface area contributed by atoms with E-state index in [-0.39, 0.29) is 5.91 Å². The molecule has 1 heterocycles. The molecule has 0 atom stereocenters. The summed E-state index contributed by atoms with van der Waals surface area (Å²) in [6.45, 7) is 0. The third-order valence-corrected chi connectivity index (χ3v) is 4.72. The molecule has 0 aliphatic rings. The quantitative estimate of drug-likeness (QED) is 0.442. The standard InChI is InChI=1S/C21H14Cl2N2O3/c1-27-18-9-6-12(22)10-15(18)20(26)24-13-7-8-16(23)14(11-13)21-25-17-4-2-3-5-19(17)28-21/h2-11H,1H3,(H,24,26). The number of benzene rings is 3. The van der Waals surface area contributed by atoms with Crippen LogP contribution in [0.25, 0.3) is 22.6 Å². The van der Waals surface area contributed by atoms with Crippen LogP contribution in [0.1, 0.15) is 10.4 Å². The Hall–Kier alpha value is -3.02. The lowest BCUT2D eigenvalue weighted by atomic mass is 10.1. The van der Waals surface area contributed by atoms with E-state index in [0.717, 1.165) is 5.52 Å². The topological polar surface area (TPSA) is 64.4 Å². The van der Waals surface area contributed by atoms with E-state index in [1.807, 2.05) is 24.3 Å². The lowest BCUT2D eigenvalue weighted by Gasteiger charge is -2.11. The molecule has 1 N–H and O–H groups in total. The number of methoxy groups -OCH3 is 1. The number of halogens is 2. The van der Waals surface area contributed by atoms with Gasteiger partial charge < -0.3 is 14.5 Å². The van der Waals surface area contributed by atoms with E-state index in [1.165, 1.54) is 7.11 Å². The van der Waals surface area contributed by atoms with Gasteiger partial charge in [-0.1, -0.05) is 35.3 Å². The van der Waals surface area contributed by atoms with Crippen molar-refractivity contribution in [3.8, 4) is 17.2 Å². The summed E-state index contributed by atoms with van der Waals surface area (Å²) in [5.74, 6) is 0.447. The first-order valence-electron chi connectivity index (χ1n) is 8.35.